The number of hydrogen-bond acceptors (Lipinski definition) is 3. The van der Waals surface area contributed by atoms with Crippen LogP contribution in [0.5, 0.6) is 0 Å². The Bertz CT molecular complexity index is 307. The third-order valence-electron chi connectivity index (χ3n) is 3.23. The molecule has 1 fully saturated rings. The number of carbonyl (C=O) groups is 2. The molecule has 0 heterocycles. The van der Waals surface area contributed by atoms with E-state index in [0.717, 1.165) is 19.3 Å². The van der Waals surface area contributed by atoms with Gasteiger partial charge >= 0.3 is 0 Å². The molecule has 118 valence electrons. The second kappa shape index (κ2) is 10.00. The van der Waals surface area contributed by atoms with Crippen molar-refractivity contribution >= 4 is 24.2 Å². The zero-order valence-corrected chi connectivity index (χ0v) is 13.3. The third-order valence-corrected chi connectivity index (χ3v) is 3.23. The molecule has 1 rings (SSSR count). The summed E-state index contributed by atoms with van der Waals surface area (Å²) in [7, 11) is 0. The predicted octanol–water partition coefficient (Wildman–Crippen LogP) is 1.20. The minimum atomic E-state index is 0. The minimum absolute atomic E-state index is 0. The third kappa shape index (κ3) is 8.38. The van der Waals surface area contributed by atoms with Crippen molar-refractivity contribution in [2.75, 3.05) is 13.1 Å². The van der Waals surface area contributed by atoms with Crippen LogP contribution in [-0.2, 0) is 9.59 Å². The zero-order chi connectivity index (χ0) is 14.3. The number of hydrogen-bond donors (Lipinski definition) is 3. The molecule has 1 aliphatic rings. The summed E-state index contributed by atoms with van der Waals surface area (Å²) in [5.41, 5.74) is 5.63. The Balaban J connectivity index is 0.00000361. The Kier molecular flexibility index (Phi) is 9.59. The first-order valence-corrected chi connectivity index (χ1v) is 7.30. The largest absolute Gasteiger partial charge is 0.356 e. The van der Waals surface area contributed by atoms with Crippen LogP contribution in [0.25, 0.3) is 0 Å². The molecule has 2 amide bonds. The normalized spacial score (nSPS) is 15.4. The lowest BCUT2D eigenvalue weighted by molar-refractivity contribution is -0.123. The highest BCUT2D eigenvalue weighted by Gasteiger charge is 2.28. The number of amides is 2. The van der Waals surface area contributed by atoms with Gasteiger partial charge in [0.2, 0.25) is 11.8 Å². The number of halogens is 1. The van der Waals surface area contributed by atoms with E-state index < -0.39 is 0 Å². The molecule has 6 heteroatoms. The topological polar surface area (TPSA) is 84.2 Å². The van der Waals surface area contributed by atoms with Crippen LogP contribution in [-0.4, -0.2) is 30.9 Å². The second-order valence-corrected chi connectivity index (χ2v) is 5.80. The van der Waals surface area contributed by atoms with Crippen LogP contribution >= 0.6 is 12.4 Å². The average Bonchev–Trinajstić information content (AvgIpc) is 3.17. The maximum absolute atomic E-state index is 11.7. The van der Waals surface area contributed by atoms with Gasteiger partial charge < -0.3 is 16.4 Å². The highest BCUT2D eigenvalue weighted by atomic mass is 35.5. The summed E-state index contributed by atoms with van der Waals surface area (Å²) in [6.45, 7) is 5.28. The Hall–Kier alpha value is -0.810. The lowest BCUT2D eigenvalue weighted by Crippen LogP contribution is -2.41. The molecule has 4 N–H and O–H groups in total. The van der Waals surface area contributed by atoms with Gasteiger partial charge in [0.05, 0.1) is 0 Å². The lowest BCUT2D eigenvalue weighted by atomic mass is 10.0. The summed E-state index contributed by atoms with van der Waals surface area (Å²) in [4.78, 5) is 23.1. The number of carbonyl (C=O) groups excluding carboxylic acids is 2. The molecule has 0 aliphatic heterocycles. The SMILES string of the molecule is CC(C)CC(CN)NC(=O)CCCNC(=O)C1CC1.Cl. The predicted molar refractivity (Wildman–Crippen MR) is 82.7 cm³/mol. The van der Waals surface area contributed by atoms with E-state index in [4.69, 9.17) is 5.73 Å². The first-order chi connectivity index (χ1) is 9.02. The van der Waals surface area contributed by atoms with Crippen LogP contribution in [0.15, 0.2) is 0 Å². The first kappa shape index (κ1) is 19.2. The fourth-order valence-corrected chi connectivity index (χ4v) is 2.03. The molecule has 20 heavy (non-hydrogen) atoms. The Morgan fingerprint density at radius 1 is 1.30 bits per heavy atom. The summed E-state index contributed by atoms with van der Waals surface area (Å²) in [5, 5.41) is 5.80. The van der Waals surface area contributed by atoms with E-state index in [-0.39, 0.29) is 36.2 Å². The zero-order valence-electron chi connectivity index (χ0n) is 12.5. The summed E-state index contributed by atoms with van der Waals surface area (Å²) in [5.74, 6) is 0.921. The Morgan fingerprint density at radius 2 is 1.95 bits per heavy atom. The van der Waals surface area contributed by atoms with E-state index in [9.17, 15) is 9.59 Å². The molecule has 0 aromatic heterocycles. The van der Waals surface area contributed by atoms with Gasteiger partial charge in [-0.25, -0.2) is 0 Å². The fraction of sp³-hybridized carbons (Fsp3) is 0.857. The summed E-state index contributed by atoms with van der Waals surface area (Å²) in [6, 6.07) is 0.0635. The van der Waals surface area contributed by atoms with Crippen molar-refractivity contribution in [2.24, 2.45) is 17.6 Å². The molecule has 0 aromatic rings. The second-order valence-electron chi connectivity index (χ2n) is 5.80. The minimum Gasteiger partial charge on any atom is -0.356 e. The molecule has 1 unspecified atom stereocenters. The maximum atomic E-state index is 11.7. The number of nitrogens with two attached hydrogens (primary N) is 1. The van der Waals surface area contributed by atoms with Crippen LogP contribution in [0.3, 0.4) is 0 Å². The van der Waals surface area contributed by atoms with E-state index in [1.54, 1.807) is 0 Å². The van der Waals surface area contributed by atoms with Crippen molar-refractivity contribution in [3.8, 4) is 0 Å². The van der Waals surface area contributed by atoms with Crippen molar-refractivity contribution in [1.29, 1.82) is 0 Å². The molecule has 1 saturated carbocycles. The van der Waals surface area contributed by atoms with Crippen LogP contribution in [0.2, 0.25) is 0 Å². The van der Waals surface area contributed by atoms with Crippen molar-refractivity contribution in [1.82, 2.24) is 10.6 Å². The highest BCUT2D eigenvalue weighted by Crippen LogP contribution is 2.28. The first-order valence-electron chi connectivity index (χ1n) is 7.30. The molecule has 5 nitrogen and oxygen atoms in total. The Morgan fingerprint density at radius 3 is 2.45 bits per heavy atom. The Labute approximate surface area is 127 Å². The van der Waals surface area contributed by atoms with Crippen molar-refractivity contribution in [3.63, 3.8) is 0 Å². The fourth-order valence-electron chi connectivity index (χ4n) is 2.03. The van der Waals surface area contributed by atoms with Gasteiger partial charge in [0.25, 0.3) is 0 Å². The van der Waals surface area contributed by atoms with Gasteiger partial charge in [-0.3, -0.25) is 9.59 Å². The summed E-state index contributed by atoms with van der Waals surface area (Å²) < 4.78 is 0. The molecule has 0 radical (unpaired) electrons. The van der Waals surface area contributed by atoms with E-state index in [2.05, 4.69) is 24.5 Å². The van der Waals surface area contributed by atoms with Crippen molar-refractivity contribution in [3.05, 3.63) is 0 Å². The van der Waals surface area contributed by atoms with Gasteiger partial charge in [0.1, 0.15) is 0 Å². The van der Waals surface area contributed by atoms with Crippen LogP contribution in [0.1, 0.15) is 46.0 Å². The number of rotatable bonds is 9. The molecule has 0 saturated heterocycles. The smallest absolute Gasteiger partial charge is 0.223 e. The molecule has 0 aromatic carbocycles. The van der Waals surface area contributed by atoms with E-state index in [0.29, 0.717) is 31.8 Å². The lowest BCUT2D eigenvalue weighted by Gasteiger charge is -2.18. The van der Waals surface area contributed by atoms with Gasteiger partial charge in [0, 0.05) is 31.5 Å². The molecule has 1 aliphatic carbocycles. The van der Waals surface area contributed by atoms with Crippen LogP contribution in [0.4, 0.5) is 0 Å². The summed E-state index contributed by atoms with van der Waals surface area (Å²) in [6.07, 6.45) is 4.06. The quantitative estimate of drug-likeness (QED) is 0.560. The highest BCUT2D eigenvalue weighted by molar-refractivity contribution is 5.85. The monoisotopic (exact) mass is 305 g/mol. The van der Waals surface area contributed by atoms with Crippen molar-refractivity contribution in [2.45, 2.75) is 52.0 Å². The van der Waals surface area contributed by atoms with Crippen LogP contribution < -0.4 is 16.4 Å². The van der Waals surface area contributed by atoms with Gasteiger partial charge in [0.15, 0.2) is 0 Å². The molecule has 1 atom stereocenters. The van der Waals surface area contributed by atoms with Gasteiger partial charge in [-0.05, 0) is 31.6 Å². The molecule has 0 bridgehead atoms. The number of nitrogens with one attached hydrogen (secondary N) is 2. The van der Waals surface area contributed by atoms with Crippen molar-refractivity contribution < 1.29 is 9.59 Å². The maximum Gasteiger partial charge on any atom is 0.223 e. The van der Waals surface area contributed by atoms with Gasteiger partial charge in [-0.15, -0.1) is 12.4 Å². The van der Waals surface area contributed by atoms with Crippen LogP contribution in [0, 0.1) is 11.8 Å². The molecular weight excluding hydrogens is 278 g/mol. The van der Waals surface area contributed by atoms with Gasteiger partial charge in [-0.1, -0.05) is 13.8 Å². The average molecular weight is 306 g/mol. The van der Waals surface area contributed by atoms with E-state index in [1.165, 1.54) is 0 Å². The van der Waals surface area contributed by atoms with E-state index in [1.807, 2.05) is 0 Å². The summed E-state index contributed by atoms with van der Waals surface area (Å²) >= 11 is 0. The standard InChI is InChI=1S/C14H27N3O2.ClH/c1-10(2)8-12(9-15)17-13(18)4-3-7-16-14(19)11-5-6-11;/h10-12H,3-9,15H2,1-2H3,(H,16,19)(H,17,18);1H. The van der Waals surface area contributed by atoms with Gasteiger partial charge in [-0.2, -0.15) is 0 Å². The van der Waals surface area contributed by atoms with E-state index >= 15 is 0 Å². The molecule has 0 spiro atoms. The molecular formula is C14H28ClN3O2.